The van der Waals surface area contributed by atoms with Gasteiger partial charge in [0.2, 0.25) is 0 Å². The first-order valence-corrected chi connectivity index (χ1v) is 10.1. The summed E-state index contributed by atoms with van der Waals surface area (Å²) in [7, 11) is 0. The fourth-order valence-corrected chi connectivity index (χ4v) is 4.73. The minimum absolute atomic E-state index is 0.109. The molecule has 0 unspecified atom stereocenters. The monoisotopic (exact) mass is 354 g/mol. The fourth-order valence-electron chi connectivity index (χ4n) is 4.73. The number of nitrogens with zero attached hydrogens (tertiary/aromatic N) is 5. The van der Waals surface area contributed by atoms with Crippen LogP contribution < -0.4 is 5.32 Å². The Kier molecular flexibility index (Phi) is 4.02. The van der Waals surface area contributed by atoms with Gasteiger partial charge in [0.25, 0.3) is 0 Å². The molecule has 1 aliphatic heterocycles. The highest BCUT2D eigenvalue weighted by atomic mass is 16.2. The number of carbonyl (C=O) groups excluding carboxylic acids is 1. The highest BCUT2D eigenvalue weighted by molar-refractivity contribution is 5.74. The van der Waals surface area contributed by atoms with E-state index < -0.39 is 0 Å². The van der Waals surface area contributed by atoms with E-state index in [0.29, 0.717) is 12.0 Å². The van der Waals surface area contributed by atoms with Crippen LogP contribution in [0.4, 0.5) is 4.79 Å². The molecule has 2 amide bonds. The second kappa shape index (κ2) is 6.52. The number of amides is 2. The molecule has 1 saturated carbocycles. The molecule has 3 aliphatic rings. The Bertz CT molecular complexity index is 817. The Morgan fingerprint density at radius 1 is 1.04 bits per heavy atom. The minimum Gasteiger partial charge on any atom is -0.335 e. The summed E-state index contributed by atoms with van der Waals surface area (Å²) in [5, 5.41) is 16.8. The number of likely N-dealkylation sites (tertiary alicyclic amines) is 1. The standard InChI is InChI=1S/C19H26N6O/c26-19(20-15-5-1-2-6-15)24-10-8-13(9-11-24)18-22-21-17-12-14-4-3-7-16(14)23-25(17)18/h12-13,15H,1-11H2,(H,20,26). The van der Waals surface area contributed by atoms with Crippen LogP contribution in [0.1, 0.15) is 67.9 Å². The van der Waals surface area contributed by atoms with Crippen LogP contribution >= 0.6 is 0 Å². The third-order valence-corrected chi connectivity index (χ3v) is 6.27. The van der Waals surface area contributed by atoms with Crippen molar-refractivity contribution in [3.05, 3.63) is 23.1 Å². The van der Waals surface area contributed by atoms with Crippen LogP contribution in [0, 0.1) is 0 Å². The zero-order valence-electron chi connectivity index (χ0n) is 15.2. The molecule has 7 nitrogen and oxygen atoms in total. The molecular formula is C19H26N6O. The number of fused-ring (bicyclic) bond motifs is 2. The number of rotatable bonds is 2. The van der Waals surface area contributed by atoms with E-state index in [4.69, 9.17) is 5.10 Å². The van der Waals surface area contributed by atoms with Crippen molar-refractivity contribution in [1.82, 2.24) is 30.0 Å². The molecule has 138 valence electrons. The predicted molar refractivity (Wildman–Crippen MR) is 97.1 cm³/mol. The van der Waals surface area contributed by atoms with Crippen molar-refractivity contribution in [2.24, 2.45) is 0 Å². The molecule has 2 fully saturated rings. The Morgan fingerprint density at radius 3 is 2.65 bits per heavy atom. The lowest BCUT2D eigenvalue weighted by Crippen LogP contribution is -2.47. The molecular weight excluding hydrogens is 328 g/mol. The summed E-state index contributed by atoms with van der Waals surface area (Å²) in [5.74, 6) is 1.29. The summed E-state index contributed by atoms with van der Waals surface area (Å²) in [6.07, 6.45) is 9.95. The molecule has 2 aromatic rings. The molecule has 2 aromatic heterocycles. The average molecular weight is 354 g/mol. The van der Waals surface area contributed by atoms with Gasteiger partial charge < -0.3 is 10.2 Å². The number of nitrogens with one attached hydrogen (secondary N) is 1. The van der Waals surface area contributed by atoms with E-state index in [2.05, 4.69) is 21.6 Å². The third kappa shape index (κ3) is 2.83. The summed E-state index contributed by atoms with van der Waals surface area (Å²) in [6.45, 7) is 1.56. The van der Waals surface area contributed by atoms with Gasteiger partial charge in [-0.1, -0.05) is 12.8 Å². The van der Waals surface area contributed by atoms with E-state index in [-0.39, 0.29) is 6.03 Å². The minimum atomic E-state index is 0.109. The summed E-state index contributed by atoms with van der Waals surface area (Å²) in [4.78, 5) is 14.4. The number of aromatic nitrogens is 4. The first kappa shape index (κ1) is 16.0. The topological polar surface area (TPSA) is 75.4 Å². The fraction of sp³-hybridized carbons (Fsp3) is 0.684. The molecule has 0 spiro atoms. The van der Waals surface area contributed by atoms with Crippen molar-refractivity contribution in [2.75, 3.05) is 13.1 Å². The van der Waals surface area contributed by atoms with Crippen molar-refractivity contribution in [3.63, 3.8) is 0 Å². The van der Waals surface area contributed by atoms with Crippen molar-refractivity contribution in [3.8, 4) is 0 Å². The summed E-state index contributed by atoms with van der Waals surface area (Å²) < 4.78 is 1.95. The molecule has 0 bridgehead atoms. The molecule has 1 saturated heterocycles. The van der Waals surface area contributed by atoms with Gasteiger partial charge in [-0.15, -0.1) is 10.2 Å². The molecule has 0 aromatic carbocycles. The maximum atomic E-state index is 12.5. The second-order valence-corrected chi connectivity index (χ2v) is 7.99. The van der Waals surface area contributed by atoms with Crippen LogP contribution in [-0.2, 0) is 12.8 Å². The third-order valence-electron chi connectivity index (χ3n) is 6.27. The smallest absolute Gasteiger partial charge is 0.317 e. The first-order chi connectivity index (χ1) is 12.8. The molecule has 3 heterocycles. The number of hydrogen-bond acceptors (Lipinski definition) is 4. The molecule has 1 N–H and O–H groups in total. The van der Waals surface area contributed by atoms with E-state index in [9.17, 15) is 4.79 Å². The highest BCUT2D eigenvalue weighted by Gasteiger charge is 2.29. The van der Waals surface area contributed by atoms with Crippen molar-refractivity contribution >= 4 is 11.7 Å². The Balaban J connectivity index is 1.26. The average Bonchev–Trinajstić information content (AvgIpc) is 3.40. The number of piperidine rings is 1. The number of hydrogen-bond donors (Lipinski definition) is 1. The molecule has 5 rings (SSSR count). The zero-order chi connectivity index (χ0) is 17.5. The zero-order valence-corrected chi connectivity index (χ0v) is 15.2. The van der Waals surface area contributed by atoms with Gasteiger partial charge in [0.1, 0.15) is 0 Å². The van der Waals surface area contributed by atoms with E-state index >= 15 is 0 Å². The first-order valence-electron chi connectivity index (χ1n) is 10.1. The van der Waals surface area contributed by atoms with Gasteiger partial charge in [-0.05, 0) is 56.6 Å². The van der Waals surface area contributed by atoms with Crippen LogP contribution in [-0.4, -0.2) is 49.9 Å². The molecule has 2 aliphatic carbocycles. The normalized spacial score (nSPS) is 21.5. The van der Waals surface area contributed by atoms with Crippen LogP contribution in [0.3, 0.4) is 0 Å². The maximum absolute atomic E-state index is 12.5. The lowest BCUT2D eigenvalue weighted by atomic mass is 9.96. The van der Waals surface area contributed by atoms with Gasteiger partial charge in [0.05, 0.1) is 5.69 Å². The van der Waals surface area contributed by atoms with Gasteiger partial charge in [0.15, 0.2) is 11.5 Å². The van der Waals surface area contributed by atoms with Crippen LogP contribution in [0.2, 0.25) is 0 Å². The van der Waals surface area contributed by atoms with Crippen LogP contribution in [0.25, 0.3) is 5.65 Å². The van der Waals surface area contributed by atoms with Gasteiger partial charge in [-0.2, -0.15) is 9.61 Å². The molecule has 26 heavy (non-hydrogen) atoms. The van der Waals surface area contributed by atoms with Gasteiger partial charge in [-0.3, -0.25) is 0 Å². The van der Waals surface area contributed by atoms with Gasteiger partial charge in [-0.25, -0.2) is 4.79 Å². The number of carbonyl (C=O) groups is 1. The molecule has 0 atom stereocenters. The summed E-state index contributed by atoms with van der Waals surface area (Å²) in [5.41, 5.74) is 3.39. The summed E-state index contributed by atoms with van der Waals surface area (Å²) in [6, 6.07) is 2.64. The Morgan fingerprint density at radius 2 is 1.85 bits per heavy atom. The van der Waals surface area contributed by atoms with Crippen LogP contribution in [0.5, 0.6) is 0 Å². The Labute approximate surface area is 153 Å². The summed E-state index contributed by atoms with van der Waals surface area (Å²) >= 11 is 0. The van der Waals surface area contributed by atoms with E-state index in [0.717, 1.165) is 63.1 Å². The SMILES string of the molecule is O=C(NC1CCCC1)N1CCC(c2nnc3cc4c(nn23)CCC4)CC1. The van der Waals surface area contributed by atoms with Crippen molar-refractivity contribution in [1.29, 1.82) is 0 Å². The van der Waals surface area contributed by atoms with Crippen LogP contribution in [0.15, 0.2) is 6.07 Å². The van der Waals surface area contributed by atoms with Crippen molar-refractivity contribution < 1.29 is 4.79 Å². The van der Waals surface area contributed by atoms with E-state index in [1.54, 1.807) is 0 Å². The molecule has 0 radical (unpaired) electrons. The van der Waals surface area contributed by atoms with E-state index in [1.807, 2.05) is 9.42 Å². The number of aryl methyl sites for hydroxylation is 2. The van der Waals surface area contributed by atoms with Crippen molar-refractivity contribution in [2.45, 2.75) is 69.7 Å². The lowest BCUT2D eigenvalue weighted by molar-refractivity contribution is 0.176. The Hall–Kier alpha value is -2.18. The highest BCUT2D eigenvalue weighted by Crippen LogP contribution is 2.28. The van der Waals surface area contributed by atoms with E-state index in [1.165, 1.54) is 30.5 Å². The largest absolute Gasteiger partial charge is 0.335 e. The number of urea groups is 1. The second-order valence-electron chi connectivity index (χ2n) is 7.99. The molecule has 7 heteroatoms. The maximum Gasteiger partial charge on any atom is 0.317 e. The van der Waals surface area contributed by atoms with Gasteiger partial charge >= 0.3 is 6.03 Å². The lowest BCUT2D eigenvalue weighted by Gasteiger charge is -2.32. The quantitative estimate of drug-likeness (QED) is 0.899. The predicted octanol–water partition coefficient (Wildman–Crippen LogP) is 2.44. The van der Waals surface area contributed by atoms with Gasteiger partial charge in [0, 0.05) is 25.0 Å².